The van der Waals surface area contributed by atoms with E-state index in [1.54, 1.807) is 0 Å². The van der Waals surface area contributed by atoms with Gasteiger partial charge in [0.15, 0.2) is 0 Å². The van der Waals surface area contributed by atoms with E-state index in [2.05, 4.69) is 100 Å². The van der Waals surface area contributed by atoms with Gasteiger partial charge in [-0.2, -0.15) is 0 Å². The Kier molecular flexibility index (Phi) is 17.4. The highest BCUT2D eigenvalue weighted by Gasteiger charge is 2.24. The number of ether oxygens (including phenoxy) is 2. The Balaban J connectivity index is 1.36. The molecule has 0 aliphatic rings. The summed E-state index contributed by atoms with van der Waals surface area (Å²) in [4.78, 5) is 27.2. The zero-order valence-corrected chi connectivity index (χ0v) is 37.3. The van der Waals surface area contributed by atoms with Crippen molar-refractivity contribution in [3.05, 3.63) is 96.1 Å². The molecule has 318 valence electrons. The summed E-state index contributed by atoms with van der Waals surface area (Å²) in [5, 5.41) is 7.89. The van der Waals surface area contributed by atoms with E-state index in [9.17, 15) is 9.59 Å². The second-order valence-corrected chi connectivity index (χ2v) is 17.1. The SMILES string of the molecule is CCCCCCCCCCCC(=O)Oc1c2ccccc2c(-c2c3ccccc3c(OC(=O)CCCCCCCCCCC)c3ccc(CC)cc23)c2cc(CC)ccc12. The summed E-state index contributed by atoms with van der Waals surface area (Å²) < 4.78 is 12.9. The zero-order valence-electron chi connectivity index (χ0n) is 37.3. The van der Waals surface area contributed by atoms with E-state index in [-0.39, 0.29) is 11.9 Å². The van der Waals surface area contributed by atoms with Crippen LogP contribution in [0.1, 0.15) is 167 Å². The number of fused-ring (bicyclic) bond motifs is 4. The topological polar surface area (TPSA) is 52.6 Å². The van der Waals surface area contributed by atoms with Crippen LogP contribution in [0.25, 0.3) is 54.2 Å². The molecule has 0 N–H and O–H groups in total. The number of esters is 2. The molecule has 0 unspecified atom stereocenters. The molecule has 0 aliphatic heterocycles. The number of benzene rings is 6. The summed E-state index contributed by atoms with van der Waals surface area (Å²) in [7, 11) is 0. The van der Waals surface area contributed by atoms with Crippen molar-refractivity contribution in [2.24, 2.45) is 0 Å². The van der Waals surface area contributed by atoms with E-state index in [4.69, 9.17) is 9.47 Å². The molecule has 0 atom stereocenters. The van der Waals surface area contributed by atoms with Crippen LogP contribution in [-0.2, 0) is 22.4 Å². The smallest absolute Gasteiger partial charge is 0.311 e. The van der Waals surface area contributed by atoms with Crippen molar-refractivity contribution in [1.29, 1.82) is 0 Å². The van der Waals surface area contributed by atoms with Gasteiger partial charge in [-0.1, -0.05) is 215 Å². The van der Waals surface area contributed by atoms with Crippen molar-refractivity contribution < 1.29 is 19.1 Å². The van der Waals surface area contributed by atoms with Crippen molar-refractivity contribution in [1.82, 2.24) is 0 Å². The van der Waals surface area contributed by atoms with Gasteiger partial charge < -0.3 is 9.47 Å². The second kappa shape index (κ2) is 23.3. The minimum absolute atomic E-state index is 0.172. The Morgan fingerprint density at radius 3 is 1.03 bits per heavy atom. The highest BCUT2D eigenvalue weighted by Crippen LogP contribution is 2.50. The van der Waals surface area contributed by atoms with E-state index in [1.807, 2.05) is 12.1 Å². The molecular formula is C56H70O4. The van der Waals surface area contributed by atoms with E-state index in [1.165, 1.54) is 101 Å². The number of carbonyl (C=O) groups is 2. The molecule has 0 saturated carbocycles. The Labute approximate surface area is 360 Å². The maximum Gasteiger partial charge on any atom is 0.311 e. The first kappa shape index (κ1) is 44.8. The first-order chi connectivity index (χ1) is 29.5. The molecule has 4 heteroatoms. The van der Waals surface area contributed by atoms with E-state index in [0.29, 0.717) is 24.3 Å². The van der Waals surface area contributed by atoms with E-state index < -0.39 is 0 Å². The Hall–Kier alpha value is -4.70. The van der Waals surface area contributed by atoms with Gasteiger partial charge in [-0.3, -0.25) is 9.59 Å². The third-order valence-electron chi connectivity index (χ3n) is 12.5. The lowest BCUT2D eigenvalue weighted by Crippen LogP contribution is -2.09. The lowest BCUT2D eigenvalue weighted by Gasteiger charge is -2.22. The van der Waals surface area contributed by atoms with Crippen molar-refractivity contribution >= 4 is 55.0 Å². The predicted molar refractivity (Wildman–Crippen MR) is 256 cm³/mol. The van der Waals surface area contributed by atoms with Crippen LogP contribution in [0.3, 0.4) is 0 Å². The van der Waals surface area contributed by atoms with Crippen LogP contribution >= 0.6 is 0 Å². The third-order valence-corrected chi connectivity index (χ3v) is 12.5. The number of unbranched alkanes of at least 4 members (excludes halogenated alkanes) is 16. The molecule has 0 radical (unpaired) electrons. The first-order valence-electron chi connectivity index (χ1n) is 23.8. The fourth-order valence-corrected chi connectivity index (χ4v) is 9.06. The third kappa shape index (κ3) is 11.4. The summed E-state index contributed by atoms with van der Waals surface area (Å²) in [5.41, 5.74) is 4.65. The zero-order chi connectivity index (χ0) is 42.1. The monoisotopic (exact) mass is 807 g/mol. The predicted octanol–water partition coefficient (Wildman–Crippen LogP) is 16.7. The minimum Gasteiger partial charge on any atom is -0.425 e. The molecule has 0 aromatic heterocycles. The van der Waals surface area contributed by atoms with Gasteiger partial charge in [0.05, 0.1) is 0 Å². The average molecular weight is 807 g/mol. The maximum atomic E-state index is 13.6. The number of hydrogen-bond donors (Lipinski definition) is 0. The van der Waals surface area contributed by atoms with Crippen LogP contribution in [0, 0.1) is 0 Å². The van der Waals surface area contributed by atoms with Crippen LogP contribution < -0.4 is 9.47 Å². The Bertz CT molecular complexity index is 2170. The van der Waals surface area contributed by atoms with Gasteiger partial charge in [0.1, 0.15) is 11.5 Å². The molecule has 0 heterocycles. The average Bonchev–Trinajstić information content (AvgIpc) is 3.28. The molecule has 0 saturated heterocycles. The van der Waals surface area contributed by atoms with Gasteiger partial charge in [-0.05, 0) is 69.5 Å². The van der Waals surface area contributed by atoms with Crippen LogP contribution in [0.5, 0.6) is 11.5 Å². The highest BCUT2D eigenvalue weighted by atomic mass is 16.5. The molecule has 60 heavy (non-hydrogen) atoms. The van der Waals surface area contributed by atoms with Crippen molar-refractivity contribution in [3.8, 4) is 22.6 Å². The van der Waals surface area contributed by atoms with Crippen molar-refractivity contribution in [2.75, 3.05) is 0 Å². The number of hydrogen-bond acceptors (Lipinski definition) is 4. The van der Waals surface area contributed by atoms with Gasteiger partial charge in [0, 0.05) is 34.4 Å². The van der Waals surface area contributed by atoms with Crippen LogP contribution in [0.4, 0.5) is 0 Å². The van der Waals surface area contributed by atoms with Gasteiger partial charge in [-0.25, -0.2) is 0 Å². The Morgan fingerprint density at radius 1 is 0.367 bits per heavy atom. The normalized spacial score (nSPS) is 11.6. The lowest BCUT2D eigenvalue weighted by molar-refractivity contribution is -0.135. The molecular weight excluding hydrogens is 737 g/mol. The molecule has 0 fully saturated rings. The molecule has 6 aromatic rings. The van der Waals surface area contributed by atoms with Gasteiger partial charge in [0.2, 0.25) is 0 Å². The largest absolute Gasteiger partial charge is 0.425 e. The molecule has 0 aliphatic carbocycles. The summed E-state index contributed by atoms with van der Waals surface area (Å²) in [5.74, 6) is 0.929. The fourth-order valence-electron chi connectivity index (χ4n) is 9.06. The lowest BCUT2D eigenvalue weighted by atomic mass is 9.84. The molecule has 6 aromatic carbocycles. The van der Waals surface area contributed by atoms with Crippen LogP contribution in [0.15, 0.2) is 84.9 Å². The molecule has 0 amide bonds. The van der Waals surface area contributed by atoms with Crippen LogP contribution in [0.2, 0.25) is 0 Å². The van der Waals surface area contributed by atoms with Crippen molar-refractivity contribution in [2.45, 2.75) is 169 Å². The molecule has 0 bridgehead atoms. The number of rotatable bonds is 25. The number of carbonyl (C=O) groups excluding carboxylic acids is 2. The van der Waals surface area contributed by atoms with Crippen LogP contribution in [-0.4, -0.2) is 11.9 Å². The quantitative estimate of drug-likeness (QED) is 0.0250. The van der Waals surface area contributed by atoms with E-state index in [0.717, 1.165) is 92.7 Å². The fraction of sp³-hybridized carbons (Fsp3) is 0.464. The van der Waals surface area contributed by atoms with Crippen molar-refractivity contribution in [3.63, 3.8) is 0 Å². The molecule has 6 rings (SSSR count). The first-order valence-corrected chi connectivity index (χ1v) is 23.8. The van der Waals surface area contributed by atoms with Gasteiger partial charge >= 0.3 is 11.9 Å². The van der Waals surface area contributed by atoms with Gasteiger partial charge in [-0.15, -0.1) is 0 Å². The maximum absolute atomic E-state index is 13.6. The Morgan fingerprint density at radius 2 is 0.683 bits per heavy atom. The summed E-state index contributed by atoms with van der Waals surface area (Å²) in [6.07, 6.45) is 24.2. The summed E-state index contributed by atoms with van der Waals surface area (Å²) in [6.45, 7) is 8.88. The molecule has 4 nitrogen and oxygen atoms in total. The summed E-state index contributed by atoms with van der Waals surface area (Å²) in [6, 6.07) is 30.0. The minimum atomic E-state index is -0.172. The second-order valence-electron chi connectivity index (χ2n) is 17.1. The molecule has 0 spiro atoms. The van der Waals surface area contributed by atoms with E-state index >= 15 is 0 Å². The standard InChI is InChI=1S/C56H70O4/c1-5-9-11-13-15-17-19-21-23-33-51(57)59-55-45-31-27-25-29-43(45)53(49-39-41(7-3)35-37-47(49)55)54-44-30-26-28-32-46(44)56(48-38-36-42(8-4)40-50(48)54)60-52(58)34-24-22-20-18-16-14-12-10-6-2/h25-32,35-40H,5-24,33-34H2,1-4H3. The number of aryl methyl sites for hydroxylation is 2. The highest BCUT2D eigenvalue weighted by molar-refractivity contribution is 6.27. The van der Waals surface area contributed by atoms with Gasteiger partial charge in [0.25, 0.3) is 0 Å². The summed E-state index contributed by atoms with van der Waals surface area (Å²) >= 11 is 0.